The third-order valence-corrected chi connectivity index (χ3v) is 1.83. The second-order valence-corrected chi connectivity index (χ2v) is 2.83. The van der Waals surface area contributed by atoms with Crippen LogP contribution in [0.5, 0.6) is 0 Å². The Kier molecular flexibility index (Phi) is 3.14. The van der Waals surface area contributed by atoms with Crippen LogP contribution in [-0.2, 0) is 32.7 Å². The zero-order valence-corrected chi connectivity index (χ0v) is 10.8. The third kappa shape index (κ3) is 2.17. The monoisotopic (exact) mass is 264 g/mol. The fourth-order valence-corrected chi connectivity index (χ4v) is 1.12. The molecule has 0 aliphatic heterocycles. The Hall–Kier alpha value is -0.967. The van der Waals surface area contributed by atoms with E-state index < -0.39 is 11.9 Å². The molecule has 2 heterocycles. The number of aryl methyl sites for hydroxylation is 1. The minimum atomic E-state index is -4.42. The Morgan fingerprint density at radius 1 is 1.40 bits per heavy atom. The summed E-state index contributed by atoms with van der Waals surface area (Å²) in [5, 5.41) is 0. The number of fused-ring (bicyclic) bond motifs is 1. The topological polar surface area (TPSA) is 30.7 Å². The predicted octanol–water partition coefficient (Wildman–Crippen LogP) is 1.78. The average Bonchev–Trinajstić information content (AvgIpc) is 2.46. The van der Waals surface area contributed by atoms with Gasteiger partial charge >= 0.3 is 6.18 Å². The predicted molar refractivity (Wildman–Crippen MR) is 42.3 cm³/mol. The molecule has 1 radical (unpaired) electrons. The van der Waals surface area contributed by atoms with E-state index in [9.17, 15) is 13.2 Å². The van der Waals surface area contributed by atoms with E-state index in [-0.39, 0.29) is 25.0 Å². The van der Waals surface area contributed by atoms with E-state index in [1.165, 1.54) is 4.57 Å². The summed E-state index contributed by atoms with van der Waals surface area (Å²) in [5.74, 6) is 0. The smallest absolute Gasteiger partial charge is 0.323 e. The number of imidazole rings is 1. The number of rotatable bonds is 0. The minimum absolute atomic E-state index is 0. The van der Waals surface area contributed by atoms with Gasteiger partial charge in [0, 0.05) is 26.5 Å². The fraction of sp³-hybridized carbons (Fsp3) is 0.250. The average molecular weight is 266 g/mol. The van der Waals surface area contributed by atoms with Crippen LogP contribution >= 0.6 is 0 Å². The fourth-order valence-electron chi connectivity index (χ4n) is 1.12. The largest absolute Gasteiger partial charge is 0.433 e. The van der Waals surface area contributed by atoms with Crippen molar-refractivity contribution in [2.75, 3.05) is 0 Å². The maximum absolute atomic E-state index is 12.2. The Labute approximate surface area is 96.1 Å². The molecule has 15 heavy (non-hydrogen) atoms. The molecule has 0 bridgehead atoms. The van der Waals surface area contributed by atoms with Crippen LogP contribution in [0.1, 0.15) is 5.69 Å². The van der Waals surface area contributed by atoms with Crippen LogP contribution in [0.3, 0.4) is 0 Å². The maximum atomic E-state index is 12.2. The van der Waals surface area contributed by atoms with Crippen molar-refractivity contribution >= 4 is 11.0 Å². The standard InChI is InChI=1S/C8H5F3N3.Zn/c1-14-4-13-5-2-7(8(9,10)11)12-3-6(5)14;/h2-3H,1H3;. The van der Waals surface area contributed by atoms with Gasteiger partial charge < -0.3 is 4.57 Å². The van der Waals surface area contributed by atoms with E-state index in [4.69, 9.17) is 0 Å². The molecule has 7 heteroatoms. The molecule has 2 rings (SSSR count). The summed E-state index contributed by atoms with van der Waals surface area (Å²) < 4.78 is 38.1. The van der Waals surface area contributed by atoms with Crippen molar-refractivity contribution in [1.82, 2.24) is 14.5 Å². The second kappa shape index (κ2) is 3.89. The molecule has 0 aliphatic carbocycles. The van der Waals surface area contributed by atoms with Gasteiger partial charge in [-0.1, -0.05) is 0 Å². The van der Waals surface area contributed by atoms with Gasteiger partial charge in [-0.15, -0.1) is 0 Å². The second-order valence-electron chi connectivity index (χ2n) is 2.83. The number of nitrogens with zero attached hydrogens (tertiary/aromatic N) is 3. The third-order valence-electron chi connectivity index (χ3n) is 1.83. The first kappa shape index (κ1) is 12.1. The molecule has 0 N–H and O–H groups in total. The van der Waals surface area contributed by atoms with Crippen molar-refractivity contribution in [1.29, 1.82) is 0 Å². The first-order valence-electron chi connectivity index (χ1n) is 3.76. The molecule has 0 spiro atoms. The Morgan fingerprint density at radius 3 is 2.67 bits per heavy atom. The van der Waals surface area contributed by atoms with Gasteiger partial charge in [0.1, 0.15) is 5.69 Å². The zero-order valence-electron chi connectivity index (χ0n) is 7.84. The van der Waals surface area contributed by atoms with Crippen molar-refractivity contribution < 1.29 is 32.6 Å². The summed E-state index contributed by atoms with van der Waals surface area (Å²) in [4.78, 5) is 7.00. The Morgan fingerprint density at radius 2 is 2.07 bits per heavy atom. The number of hydrogen-bond acceptors (Lipinski definition) is 2. The van der Waals surface area contributed by atoms with Crippen molar-refractivity contribution in [3.63, 3.8) is 0 Å². The molecule has 3 nitrogen and oxygen atoms in total. The van der Waals surface area contributed by atoms with E-state index in [0.29, 0.717) is 5.52 Å². The van der Waals surface area contributed by atoms with Crippen LogP contribution in [0.15, 0.2) is 12.3 Å². The number of pyridine rings is 1. The molecule has 0 aromatic carbocycles. The summed E-state index contributed by atoms with van der Waals surface area (Å²) in [5.41, 5.74) is -0.162. The van der Waals surface area contributed by atoms with Crippen LogP contribution in [0.4, 0.5) is 13.2 Å². The van der Waals surface area contributed by atoms with Gasteiger partial charge in [-0.25, -0.2) is 9.97 Å². The molecular weight excluding hydrogens is 260 g/mol. The van der Waals surface area contributed by atoms with E-state index in [0.717, 1.165) is 12.3 Å². The molecule has 2 aromatic heterocycles. The van der Waals surface area contributed by atoms with Gasteiger partial charge in [0.05, 0.1) is 17.2 Å². The summed E-state index contributed by atoms with van der Waals surface area (Å²) in [6, 6.07) is 0.909. The van der Waals surface area contributed by atoms with Crippen molar-refractivity contribution in [2.45, 2.75) is 6.18 Å². The molecule has 0 saturated heterocycles. The number of halogens is 3. The molecule has 0 amide bonds. The number of alkyl halides is 3. The summed E-state index contributed by atoms with van der Waals surface area (Å²) >= 11 is 0. The van der Waals surface area contributed by atoms with E-state index in [1.807, 2.05) is 0 Å². The van der Waals surface area contributed by atoms with E-state index >= 15 is 0 Å². The van der Waals surface area contributed by atoms with Gasteiger partial charge in [0.15, 0.2) is 6.33 Å². The van der Waals surface area contributed by atoms with Gasteiger partial charge in [-0.2, -0.15) is 13.2 Å². The van der Waals surface area contributed by atoms with Crippen LogP contribution in [-0.4, -0.2) is 14.5 Å². The molecule has 0 saturated carbocycles. The summed E-state index contributed by atoms with van der Waals surface area (Å²) in [7, 11) is 1.64. The summed E-state index contributed by atoms with van der Waals surface area (Å²) in [6.07, 6.45) is -0.770. The van der Waals surface area contributed by atoms with Crippen molar-refractivity contribution in [2.24, 2.45) is 7.05 Å². The van der Waals surface area contributed by atoms with Gasteiger partial charge in [-0.05, 0) is 6.07 Å². The van der Waals surface area contributed by atoms with Crippen molar-refractivity contribution in [3.8, 4) is 0 Å². The van der Waals surface area contributed by atoms with E-state index in [2.05, 4.69) is 16.3 Å². The SMILES string of the molecule is Cn1[c]nc2cc(C(F)(F)F)ncc21.[Zn]. The molecule has 0 fully saturated rings. The van der Waals surface area contributed by atoms with Gasteiger partial charge in [0.2, 0.25) is 0 Å². The van der Waals surface area contributed by atoms with E-state index in [1.54, 1.807) is 7.05 Å². The zero-order chi connectivity index (χ0) is 10.3. The molecule has 75 valence electrons. The quantitative estimate of drug-likeness (QED) is 0.680. The van der Waals surface area contributed by atoms with Crippen LogP contribution in [0.2, 0.25) is 0 Å². The molecular formula is C8H5F3N3Zn. The molecule has 0 aliphatic rings. The Balaban J connectivity index is 0.00000112. The molecule has 0 atom stereocenters. The summed E-state index contributed by atoms with van der Waals surface area (Å²) in [6.45, 7) is 0. The maximum Gasteiger partial charge on any atom is 0.433 e. The molecule has 0 unspecified atom stereocenters. The first-order chi connectivity index (χ1) is 6.48. The normalized spacial score (nSPS) is 11.5. The van der Waals surface area contributed by atoms with Gasteiger partial charge in [-0.3, -0.25) is 0 Å². The Bertz CT molecular complexity index is 477. The van der Waals surface area contributed by atoms with Crippen molar-refractivity contribution in [3.05, 3.63) is 24.3 Å². The first-order valence-corrected chi connectivity index (χ1v) is 3.76. The van der Waals surface area contributed by atoms with Crippen LogP contribution < -0.4 is 0 Å². The number of hydrogen-bond donors (Lipinski definition) is 0. The minimum Gasteiger partial charge on any atom is -0.323 e. The van der Waals surface area contributed by atoms with Gasteiger partial charge in [0.25, 0.3) is 0 Å². The van der Waals surface area contributed by atoms with Crippen LogP contribution in [0, 0.1) is 6.33 Å². The molecule has 2 aromatic rings. The van der Waals surface area contributed by atoms with Crippen LogP contribution in [0.25, 0.3) is 11.0 Å². The number of aromatic nitrogens is 3.